The zero-order valence-corrected chi connectivity index (χ0v) is 11.4. The van der Waals surface area contributed by atoms with Gasteiger partial charge in [0.05, 0.1) is 6.10 Å². The van der Waals surface area contributed by atoms with Crippen molar-refractivity contribution in [2.75, 3.05) is 13.3 Å². The monoisotopic (exact) mass is 289 g/mol. The Labute approximate surface area is 122 Å². The van der Waals surface area contributed by atoms with Crippen molar-refractivity contribution < 1.29 is 19.0 Å². The molecule has 1 aliphatic rings. The summed E-state index contributed by atoms with van der Waals surface area (Å²) in [5.41, 5.74) is 1.66. The Kier molecular flexibility index (Phi) is 4.03. The van der Waals surface area contributed by atoms with Crippen molar-refractivity contribution in [3.63, 3.8) is 0 Å². The normalized spacial score (nSPS) is 14.2. The van der Waals surface area contributed by atoms with Crippen molar-refractivity contribution in [3.05, 3.63) is 59.4 Å². The molecule has 2 aromatic rings. The summed E-state index contributed by atoms with van der Waals surface area (Å²) in [7, 11) is 0. The number of hydrogen-bond donors (Lipinski definition) is 2. The van der Waals surface area contributed by atoms with Gasteiger partial charge < -0.3 is 19.9 Å². The van der Waals surface area contributed by atoms with E-state index in [1.165, 1.54) is 12.1 Å². The smallest absolute Gasteiger partial charge is 0.231 e. The molecule has 1 aliphatic heterocycles. The van der Waals surface area contributed by atoms with Crippen LogP contribution in [0, 0.1) is 5.82 Å². The Morgan fingerprint density at radius 1 is 1.14 bits per heavy atom. The van der Waals surface area contributed by atoms with Crippen molar-refractivity contribution in [2.45, 2.75) is 12.6 Å². The summed E-state index contributed by atoms with van der Waals surface area (Å²) in [6, 6.07) is 11.6. The Bertz CT molecular complexity index is 615. The van der Waals surface area contributed by atoms with Crippen LogP contribution in [0.4, 0.5) is 4.39 Å². The van der Waals surface area contributed by atoms with Crippen molar-refractivity contribution >= 4 is 0 Å². The van der Waals surface area contributed by atoms with Crippen LogP contribution in [0.3, 0.4) is 0 Å². The number of rotatable bonds is 5. The Morgan fingerprint density at radius 3 is 2.76 bits per heavy atom. The predicted molar refractivity (Wildman–Crippen MR) is 75.6 cm³/mol. The zero-order valence-electron chi connectivity index (χ0n) is 11.4. The maximum atomic E-state index is 12.8. The minimum Gasteiger partial charge on any atom is -0.454 e. The highest BCUT2D eigenvalue weighted by Gasteiger charge is 2.17. The van der Waals surface area contributed by atoms with E-state index >= 15 is 0 Å². The molecule has 0 spiro atoms. The van der Waals surface area contributed by atoms with Crippen LogP contribution in [0.15, 0.2) is 42.5 Å². The molecule has 0 bridgehead atoms. The van der Waals surface area contributed by atoms with Crippen LogP contribution in [0.25, 0.3) is 0 Å². The largest absolute Gasteiger partial charge is 0.454 e. The van der Waals surface area contributed by atoms with Gasteiger partial charge in [-0.1, -0.05) is 24.3 Å². The van der Waals surface area contributed by atoms with Crippen molar-refractivity contribution in [1.29, 1.82) is 0 Å². The van der Waals surface area contributed by atoms with Crippen LogP contribution in [0.2, 0.25) is 0 Å². The molecule has 3 rings (SSSR count). The van der Waals surface area contributed by atoms with Crippen molar-refractivity contribution in [2.24, 2.45) is 0 Å². The van der Waals surface area contributed by atoms with Crippen LogP contribution >= 0.6 is 0 Å². The molecule has 0 aliphatic carbocycles. The second-order valence-electron chi connectivity index (χ2n) is 4.85. The summed E-state index contributed by atoms with van der Waals surface area (Å²) in [5, 5.41) is 13.2. The molecule has 110 valence electrons. The van der Waals surface area contributed by atoms with E-state index in [0.29, 0.717) is 18.7 Å². The first-order chi connectivity index (χ1) is 10.2. The number of ether oxygens (including phenoxy) is 2. The maximum absolute atomic E-state index is 12.8. The number of fused-ring (bicyclic) bond motifs is 1. The van der Waals surface area contributed by atoms with E-state index < -0.39 is 6.10 Å². The van der Waals surface area contributed by atoms with E-state index in [1.54, 1.807) is 12.1 Å². The molecule has 0 saturated heterocycles. The lowest BCUT2D eigenvalue weighted by Crippen LogP contribution is -2.21. The molecule has 4 nitrogen and oxygen atoms in total. The summed E-state index contributed by atoms with van der Waals surface area (Å²) in [6.07, 6.45) is -0.681. The van der Waals surface area contributed by atoms with Gasteiger partial charge in [-0.05, 0) is 23.8 Å². The first-order valence-corrected chi connectivity index (χ1v) is 6.76. The van der Waals surface area contributed by atoms with Gasteiger partial charge in [0.1, 0.15) is 5.82 Å². The lowest BCUT2D eigenvalue weighted by atomic mass is 10.1. The molecule has 1 heterocycles. The number of aliphatic hydroxyl groups is 1. The van der Waals surface area contributed by atoms with Gasteiger partial charge in [-0.25, -0.2) is 4.39 Å². The fraction of sp³-hybridized carbons (Fsp3) is 0.250. The highest BCUT2D eigenvalue weighted by Crippen LogP contribution is 2.35. The molecule has 1 unspecified atom stereocenters. The molecule has 2 N–H and O–H groups in total. The summed E-state index contributed by atoms with van der Waals surface area (Å²) in [6.45, 7) is 1.17. The number of aliphatic hydroxyl groups excluding tert-OH is 1. The molecule has 21 heavy (non-hydrogen) atoms. The van der Waals surface area contributed by atoms with Gasteiger partial charge in [-0.2, -0.15) is 0 Å². The average molecular weight is 289 g/mol. The first-order valence-electron chi connectivity index (χ1n) is 6.76. The molecule has 5 heteroatoms. The van der Waals surface area contributed by atoms with Gasteiger partial charge in [-0.15, -0.1) is 0 Å². The van der Waals surface area contributed by atoms with E-state index in [2.05, 4.69) is 5.32 Å². The summed E-state index contributed by atoms with van der Waals surface area (Å²) in [4.78, 5) is 0. The highest BCUT2D eigenvalue weighted by atomic mass is 19.1. The second kappa shape index (κ2) is 6.11. The fourth-order valence-electron chi connectivity index (χ4n) is 2.28. The molecule has 1 atom stereocenters. The Hall–Kier alpha value is -2.11. The van der Waals surface area contributed by atoms with Crippen LogP contribution in [-0.2, 0) is 6.54 Å². The summed E-state index contributed by atoms with van der Waals surface area (Å²) < 4.78 is 23.6. The molecule has 0 amide bonds. The van der Waals surface area contributed by atoms with E-state index in [1.807, 2.05) is 18.2 Å². The number of para-hydroxylation sites is 1. The van der Waals surface area contributed by atoms with Gasteiger partial charge in [-0.3, -0.25) is 0 Å². The van der Waals surface area contributed by atoms with E-state index in [9.17, 15) is 9.50 Å². The minimum atomic E-state index is -0.681. The minimum absolute atomic E-state index is 0.241. The number of hydrogen-bond acceptors (Lipinski definition) is 4. The highest BCUT2D eigenvalue weighted by molar-refractivity contribution is 5.48. The van der Waals surface area contributed by atoms with Crippen LogP contribution in [-0.4, -0.2) is 18.4 Å². The van der Waals surface area contributed by atoms with Gasteiger partial charge in [0.15, 0.2) is 11.5 Å². The Morgan fingerprint density at radius 2 is 1.95 bits per heavy atom. The number of nitrogens with one attached hydrogen (secondary N) is 1. The molecular weight excluding hydrogens is 273 g/mol. The van der Waals surface area contributed by atoms with Gasteiger partial charge >= 0.3 is 0 Å². The summed E-state index contributed by atoms with van der Waals surface area (Å²) >= 11 is 0. The topological polar surface area (TPSA) is 50.7 Å². The third-order valence-electron chi connectivity index (χ3n) is 3.39. The molecule has 0 saturated carbocycles. The van der Waals surface area contributed by atoms with Crippen LogP contribution < -0.4 is 14.8 Å². The molecular formula is C16H16FNO3. The molecule has 0 radical (unpaired) electrons. The third kappa shape index (κ3) is 3.15. The van der Waals surface area contributed by atoms with Crippen LogP contribution in [0.1, 0.15) is 17.2 Å². The van der Waals surface area contributed by atoms with E-state index in [-0.39, 0.29) is 12.6 Å². The van der Waals surface area contributed by atoms with Gasteiger partial charge in [0.2, 0.25) is 6.79 Å². The zero-order chi connectivity index (χ0) is 14.7. The maximum Gasteiger partial charge on any atom is 0.231 e. The third-order valence-corrected chi connectivity index (χ3v) is 3.39. The molecule has 2 aromatic carbocycles. The van der Waals surface area contributed by atoms with Gasteiger partial charge in [0, 0.05) is 18.7 Å². The van der Waals surface area contributed by atoms with Gasteiger partial charge in [0.25, 0.3) is 0 Å². The second-order valence-corrected chi connectivity index (χ2v) is 4.85. The first kappa shape index (κ1) is 13.9. The lowest BCUT2D eigenvalue weighted by Gasteiger charge is -2.13. The number of benzene rings is 2. The quantitative estimate of drug-likeness (QED) is 0.887. The standard InChI is InChI=1S/C16H16FNO3/c17-13-6-4-11(5-7-13)14(19)9-18-8-12-2-1-3-15-16(12)21-10-20-15/h1-7,14,18-19H,8-10H2. The van der Waals surface area contributed by atoms with Crippen molar-refractivity contribution in [1.82, 2.24) is 5.32 Å². The molecule has 0 aromatic heterocycles. The SMILES string of the molecule is OC(CNCc1cccc2c1OCO2)c1ccc(F)cc1. The predicted octanol–water partition coefficient (Wildman–Crippen LogP) is 2.38. The number of halogens is 1. The average Bonchev–Trinajstić information content (AvgIpc) is 2.97. The lowest BCUT2D eigenvalue weighted by molar-refractivity contribution is 0.170. The van der Waals surface area contributed by atoms with Crippen molar-refractivity contribution in [3.8, 4) is 11.5 Å². The Balaban J connectivity index is 1.57. The fourth-order valence-corrected chi connectivity index (χ4v) is 2.28. The van der Waals surface area contributed by atoms with Crippen LogP contribution in [0.5, 0.6) is 11.5 Å². The van der Waals surface area contributed by atoms with E-state index in [0.717, 1.165) is 17.1 Å². The summed E-state index contributed by atoms with van der Waals surface area (Å²) in [5.74, 6) is 1.19. The van der Waals surface area contributed by atoms with E-state index in [4.69, 9.17) is 9.47 Å². The molecule has 0 fully saturated rings.